The maximum Gasteiger partial charge on any atom is 0.259 e. The largest absolute Gasteiger partial charge is 0.376 e. The second-order valence-corrected chi connectivity index (χ2v) is 5.98. The molecule has 0 bridgehead atoms. The summed E-state index contributed by atoms with van der Waals surface area (Å²) >= 11 is 5.92. The van der Waals surface area contributed by atoms with Crippen LogP contribution in [-0.2, 0) is 11.2 Å². The van der Waals surface area contributed by atoms with E-state index < -0.39 is 0 Å². The molecule has 0 heterocycles. The number of carbonyl (C=O) groups is 1. The van der Waals surface area contributed by atoms with Crippen LogP contribution in [-0.4, -0.2) is 18.2 Å². The van der Waals surface area contributed by atoms with Gasteiger partial charge in [0.25, 0.3) is 5.91 Å². The van der Waals surface area contributed by atoms with Crippen molar-refractivity contribution in [2.75, 3.05) is 11.9 Å². The molecule has 0 aliphatic rings. The van der Waals surface area contributed by atoms with E-state index in [0.29, 0.717) is 5.02 Å². The first-order chi connectivity index (χ1) is 11.6. The molecule has 0 radical (unpaired) electrons. The van der Waals surface area contributed by atoms with Gasteiger partial charge in [0.2, 0.25) is 0 Å². The lowest BCUT2D eigenvalue weighted by molar-refractivity contribution is -0.119. The fraction of sp³-hybridized carbons (Fsp3) is 0.263. The van der Waals surface area contributed by atoms with Crippen LogP contribution in [0.2, 0.25) is 5.02 Å². The fourth-order valence-electron chi connectivity index (χ4n) is 2.26. The van der Waals surface area contributed by atoms with E-state index in [0.717, 1.165) is 29.8 Å². The third-order valence-corrected chi connectivity index (χ3v) is 3.86. The Morgan fingerprint density at radius 2 is 1.92 bits per heavy atom. The molecule has 0 aromatic heterocycles. The van der Waals surface area contributed by atoms with Crippen LogP contribution in [0.15, 0.2) is 53.6 Å². The molecule has 5 heteroatoms. The number of aryl methyl sites for hydroxylation is 1. The SMILES string of the molecule is CC/C(Cc1ccccc1)=N/NC(=O)CNc1ccc(Cl)cc1C. The van der Waals surface area contributed by atoms with Crippen LogP contribution in [0.1, 0.15) is 24.5 Å². The average molecular weight is 344 g/mol. The van der Waals surface area contributed by atoms with Crippen molar-refractivity contribution in [3.63, 3.8) is 0 Å². The molecule has 2 aromatic carbocycles. The number of halogens is 1. The summed E-state index contributed by atoms with van der Waals surface area (Å²) in [6, 6.07) is 15.6. The molecular weight excluding hydrogens is 322 g/mol. The highest BCUT2D eigenvalue weighted by Crippen LogP contribution is 2.19. The van der Waals surface area contributed by atoms with Crippen LogP contribution >= 0.6 is 11.6 Å². The van der Waals surface area contributed by atoms with Gasteiger partial charge in [0.1, 0.15) is 0 Å². The van der Waals surface area contributed by atoms with Crippen molar-refractivity contribution in [3.8, 4) is 0 Å². The Kier molecular flexibility index (Phi) is 6.82. The monoisotopic (exact) mass is 343 g/mol. The molecule has 0 saturated carbocycles. The molecule has 2 rings (SSSR count). The van der Waals surface area contributed by atoms with Gasteiger partial charge in [-0.2, -0.15) is 5.10 Å². The molecule has 126 valence electrons. The summed E-state index contributed by atoms with van der Waals surface area (Å²) in [5.74, 6) is -0.177. The molecule has 4 nitrogen and oxygen atoms in total. The predicted molar refractivity (Wildman–Crippen MR) is 101 cm³/mol. The van der Waals surface area contributed by atoms with Gasteiger partial charge in [-0.25, -0.2) is 5.43 Å². The van der Waals surface area contributed by atoms with Crippen molar-refractivity contribution in [3.05, 3.63) is 64.7 Å². The summed E-state index contributed by atoms with van der Waals surface area (Å²) in [7, 11) is 0. The highest BCUT2D eigenvalue weighted by atomic mass is 35.5. The second kappa shape index (κ2) is 9.08. The molecule has 0 aliphatic heterocycles. The van der Waals surface area contributed by atoms with Crippen LogP contribution in [0.3, 0.4) is 0 Å². The molecule has 0 saturated heterocycles. The topological polar surface area (TPSA) is 53.5 Å². The number of carbonyl (C=O) groups excluding carboxylic acids is 1. The molecule has 0 fully saturated rings. The summed E-state index contributed by atoms with van der Waals surface area (Å²) in [5, 5.41) is 8.01. The Morgan fingerprint density at radius 3 is 2.58 bits per heavy atom. The third-order valence-electron chi connectivity index (χ3n) is 3.63. The Labute approximate surface area is 147 Å². The van der Waals surface area contributed by atoms with Crippen molar-refractivity contribution in [1.29, 1.82) is 0 Å². The zero-order valence-electron chi connectivity index (χ0n) is 14.0. The molecule has 0 unspecified atom stereocenters. The van der Waals surface area contributed by atoms with Gasteiger partial charge in [0.15, 0.2) is 0 Å². The number of nitrogens with zero attached hydrogens (tertiary/aromatic N) is 1. The summed E-state index contributed by atoms with van der Waals surface area (Å²) in [6.45, 7) is 4.14. The van der Waals surface area contributed by atoms with Gasteiger partial charge in [0.05, 0.1) is 6.54 Å². The molecule has 2 N–H and O–H groups in total. The first kappa shape index (κ1) is 18.0. The van der Waals surface area contributed by atoms with Gasteiger partial charge in [-0.15, -0.1) is 0 Å². The number of benzene rings is 2. The van der Waals surface area contributed by atoms with Crippen molar-refractivity contribution >= 4 is 28.9 Å². The lowest BCUT2D eigenvalue weighted by Crippen LogP contribution is -2.27. The lowest BCUT2D eigenvalue weighted by Gasteiger charge is -2.09. The molecule has 1 amide bonds. The maximum absolute atomic E-state index is 12.0. The number of anilines is 1. The molecule has 24 heavy (non-hydrogen) atoms. The van der Waals surface area contributed by atoms with Gasteiger partial charge in [-0.1, -0.05) is 48.9 Å². The molecule has 2 aromatic rings. The zero-order chi connectivity index (χ0) is 17.4. The Hall–Kier alpha value is -2.33. The number of hydrazone groups is 1. The third kappa shape index (κ3) is 5.70. The fourth-order valence-corrected chi connectivity index (χ4v) is 2.48. The van der Waals surface area contributed by atoms with Crippen molar-refractivity contribution < 1.29 is 4.79 Å². The standard InChI is InChI=1S/C19H22ClN3O/c1-3-17(12-15-7-5-4-6-8-15)22-23-19(24)13-21-18-10-9-16(20)11-14(18)2/h4-11,21H,3,12-13H2,1-2H3,(H,23,24)/b22-17-. The van der Waals surface area contributed by atoms with Crippen LogP contribution in [0.4, 0.5) is 5.69 Å². The van der Waals surface area contributed by atoms with E-state index in [2.05, 4.69) is 28.0 Å². The van der Waals surface area contributed by atoms with Gasteiger partial charge >= 0.3 is 0 Å². The number of hydrogen-bond acceptors (Lipinski definition) is 3. The van der Waals surface area contributed by atoms with Gasteiger partial charge in [-0.3, -0.25) is 4.79 Å². The number of amides is 1. The molecular formula is C19H22ClN3O. The van der Waals surface area contributed by atoms with Crippen LogP contribution < -0.4 is 10.7 Å². The predicted octanol–water partition coefficient (Wildman–Crippen LogP) is 4.19. The van der Waals surface area contributed by atoms with Gasteiger partial charge < -0.3 is 5.32 Å². The van der Waals surface area contributed by atoms with Crippen LogP contribution in [0.5, 0.6) is 0 Å². The minimum atomic E-state index is -0.177. The smallest absolute Gasteiger partial charge is 0.259 e. The van der Waals surface area contributed by atoms with E-state index in [1.54, 1.807) is 6.07 Å². The summed E-state index contributed by atoms with van der Waals surface area (Å²) in [4.78, 5) is 12.0. The summed E-state index contributed by atoms with van der Waals surface area (Å²) < 4.78 is 0. The van der Waals surface area contributed by atoms with Crippen molar-refractivity contribution in [2.24, 2.45) is 5.10 Å². The molecule has 0 aliphatic carbocycles. The number of nitrogens with one attached hydrogen (secondary N) is 2. The highest BCUT2D eigenvalue weighted by molar-refractivity contribution is 6.30. The van der Waals surface area contributed by atoms with Crippen LogP contribution in [0, 0.1) is 6.92 Å². The summed E-state index contributed by atoms with van der Waals surface area (Å²) in [6.07, 6.45) is 1.53. The second-order valence-electron chi connectivity index (χ2n) is 5.54. The summed E-state index contributed by atoms with van der Waals surface area (Å²) in [5.41, 5.74) is 6.62. The van der Waals surface area contributed by atoms with E-state index in [9.17, 15) is 4.79 Å². The molecule has 0 spiro atoms. The highest BCUT2D eigenvalue weighted by Gasteiger charge is 2.04. The Morgan fingerprint density at radius 1 is 1.17 bits per heavy atom. The average Bonchev–Trinajstić information content (AvgIpc) is 2.58. The minimum absolute atomic E-state index is 0.161. The van der Waals surface area contributed by atoms with Crippen molar-refractivity contribution in [1.82, 2.24) is 5.43 Å². The Bertz CT molecular complexity index is 714. The van der Waals surface area contributed by atoms with Gasteiger partial charge in [0, 0.05) is 22.8 Å². The normalized spacial score (nSPS) is 11.2. The van der Waals surface area contributed by atoms with E-state index >= 15 is 0 Å². The lowest BCUT2D eigenvalue weighted by atomic mass is 10.1. The van der Waals surface area contributed by atoms with Gasteiger partial charge in [-0.05, 0) is 42.7 Å². The zero-order valence-corrected chi connectivity index (χ0v) is 14.7. The van der Waals surface area contributed by atoms with E-state index in [4.69, 9.17) is 11.6 Å². The van der Waals surface area contributed by atoms with Crippen molar-refractivity contribution in [2.45, 2.75) is 26.7 Å². The van der Waals surface area contributed by atoms with E-state index in [1.165, 1.54) is 5.56 Å². The molecule has 0 atom stereocenters. The number of hydrogen-bond donors (Lipinski definition) is 2. The first-order valence-electron chi connectivity index (χ1n) is 7.96. The maximum atomic E-state index is 12.0. The Balaban J connectivity index is 1.86. The first-order valence-corrected chi connectivity index (χ1v) is 8.34. The van der Waals surface area contributed by atoms with E-state index in [-0.39, 0.29) is 12.5 Å². The van der Waals surface area contributed by atoms with E-state index in [1.807, 2.05) is 44.2 Å². The van der Waals surface area contributed by atoms with Crippen LogP contribution in [0.25, 0.3) is 0 Å². The minimum Gasteiger partial charge on any atom is -0.376 e. The quantitative estimate of drug-likeness (QED) is 0.585. The number of rotatable bonds is 7.